The molecule has 0 bridgehead atoms. The van der Waals surface area contributed by atoms with E-state index in [0.29, 0.717) is 6.42 Å². The van der Waals surface area contributed by atoms with E-state index in [1.807, 2.05) is 13.0 Å². The molecule has 1 fully saturated rings. The Kier molecular flexibility index (Phi) is 5.38. The molecule has 0 radical (unpaired) electrons. The van der Waals surface area contributed by atoms with Gasteiger partial charge in [0, 0.05) is 49.2 Å². The summed E-state index contributed by atoms with van der Waals surface area (Å²) >= 11 is 0. The number of piperidine rings is 1. The molecule has 1 atom stereocenters. The normalized spacial score (nSPS) is 18.6. The average Bonchev–Trinajstić information content (AvgIpc) is 2.48. The quantitative estimate of drug-likeness (QED) is 0.623. The molecule has 0 aromatic heterocycles. The Morgan fingerprint density at radius 3 is 2.90 bits per heavy atom. The summed E-state index contributed by atoms with van der Waals surface area (Å²) in [6.07, 6.45) is 3.97. The molecule has 1 heterocycles. The molecule has 1 aromatic carbocycles. The van der Waals surface area contributed by atoms with Gasteiger partial charge in [0.1, 0.15) is 0 Å². The largest absolute Gasteiger partial charge is 0.396 e. The third-order valence-electron chi connectivity index (χ3n) is 3.92. The number of nitro groups is 1. The maximum atomic E-state index is 11.1. The minimum Gasteiger partial charge on any atom is -0.396 e. The maximum absolute atomic E-state index is 11.1. The smallest absolute Gasteiger partial charge is 0.273 e. The van der Waals surface area contributed by atoms with Crippen molar-refractivity contribution in [3.63, 3.8) is 0 Å². The van der Waals surface area contributed by atoms with Crippen LogP contribution in [-0.2, 0) is 0 Å². The first-order valence-electron chi connectivity index (χ1n) is 7.56. The van der Waals surface area contributed by atoms with Gasteiger partial charge in [0.05, 0.1) is 4.92 Å². The Morgan fingerprint density at radius 1 is 1.43 bits per heavy atom. The highest BCUT2D eigenvalue weighted by molar-refractivity contribution is 5.65. The number of nitrogens with one attached hydrogen (secondary N) is 1. The lowest BCUT2D eigenvalue weighted by Gasteiger charge is -2.37. The molecule has 6 nitrogen and oxygen atoms in total. The highest BCUT2D eigenvalue weighted by Crippen LogP contribution is 2.32. The van der Waals surface area contributed by atoms with Crippen molar-refractivity contribution in [2.45, 2.75) is 38.6 Å². The van der Waals surface area contributed by atoms with E-state index in [2.05, 4.69) is 10.2 Å². The fourth-order valence-electron chi connectivity index (χ4n) is 2.96. The van der Waals surface area contributed by atoms with Gasteiger partial charge in [-0.15, -0.1) is 0 Å². The van der Waals surface area contributed by atoms with E-state index < -0.39 is 0 Å². The van der Waals surface area contributed by atoms with Crippen LogP contribution in [0.5, 0.6) is 0 Å². The van der Waals surface area contributed by atoms with Crippen molar-refractivity contribution in [1.29, 1.82) is 0 Å². The van der Waals surface area contributed by atoms with E-state index in [1.54, 1.807) is 12.1 Å². The minimum atomic E-state index is -0.352. The van der Waals surface area contributed by atoms with Crippen LogP contribution in [0.3, 0.4) is 0 Å². The number of non-ortho nitro benzene ring substituents is 1. The lowest BCUT2D eigenvalue weighted by atomic mass is 9.98. The van der Waals surface area contributed by atoms with Crippen LogP contribution in [0.15, 0.2) is 18.2 Å². The molecule has 0 saturated carbocycles. The number of nitrogens with zero attached hydrogens (tertiary/aromatic N) is 2. The zero-order valence-electron chi connectivity index (χ0n) is 12.4. The van der Waals surface area contributed by atoms with E-state index in [-0.39, 0.29) is 23.3 Å². The van der Waals surface area contributed by atoms with Crippen molar-refractivity contribution >= 4 is 17.1 Å². The van der Waals surface area contributed by atoms with Gasteiger partial charge in [0.25, 0.3) is 5.69 Å². The second kappa shape index (κ2) is 7.26. The minimum absolute atomic E-state index is 0.108. The van der Waals surface area contributed by atoms with Crippen LogP contribution in [-0.4, -0.2) is 35.8 Å². The molecule has 0 spiro atoms. The summed E-state index contributed by atoms with van der Waals surface area (Å²) in [4.78, 5) is 13.0. The standard InChI is InChI=1S/C15H23N3O3/c1-2-16-12-9-14(11-15(10-12)18(20)21)17-7-4-3-5-13(17)6-8-19/h9-11,13,16,19H,2-8H2,1H3. The Hall–Kier alpha value is -1.82. The molecule has 1 aromatic rings. The third kappa shape index (κ3) is 3.85. The summed E-state index contributed by atoms with van der Waals surface area (Å²) in [5, 5.41) is 23.5. The first-order chi connectivity index (χ1) is 10.2. The molecule has 2 rings (SSSR count). The van der Waals surface area contributed by atoms with Gasteiger partial charge in [0.2, 0.25) is 0 Å². The summed E-state index contributed by atoms with van der Waals surface area (Å²) < 4.78 is 0. The van der Waals surface area contributed by atoms with Crippen molar-refractivity contribution in [1.82, 2.24) is 0 Å². The highest BCUT2D eigenvalue weighted by Gasteiger charge is 2.24. The number of hydrogen-bond acceptors (Lipinski definition) is 5. The molecule has 0 amide bonds. The van der Waals surface area contributed by atoms with Crippen LogP contribution >= 0.6 is 0 Å². The molecule has 2 N–H and O–H groups in total. The number of benzene rings is 1. The number of nitro benzene ring substituents is 1. The number of hydrogen-bond donors (Lipinski definition) is 2. The number of aliphatic hydroxyl groups excluding tert-OH is 1. The monoisotopic (exact) mass is 293 g/mol. The fraction of sp³-hybridized carbons (Fsp3) is 0.600. The van der Waals surface area contributed by atoms with E-state index in [9.17, 15) is 15.2 Å². The summed E-state index contributed by atoms with van der Waals surface area (Å²) in [5.41, 5.74) is 1.75. The molecule has 1 unspecified atom stereocenters. The van der Waals surface area contributed by atoms with Crippen molar-refractivity contribution < 1.29 is 10.0 Å². The van der Waals surface area contributed by atoms with Crippen LogP contribution in [0.1, 0.15) is 32.6 Å². The van der Waals surface area contributed by atoms with Gasteiger partial charge < -0.3 is 15.3 Å². The zero-order chi connectivity index (χ0) is 15.2. The lowest BCUT2D eigenvalue weighted by molar-refractivity contribution is -0.384. The molecule has 21 heavy (non-hydrogen) atoms. The Morgan fingerprint density at radius 2 is 2.24 bits per heavy atom. The van der Waals surface area contributed by atoms with Gasteiger partial charge in [0.15, 0.2) is 0 Å². The molecule has 1 aliphatic heterocycles. The van der Waals surface area contributed by atoms with E-state index >= 15 is 0 Å². The van der Waals surface area contributed by atoms with Crippen molar-refractivity contribution in [2.24, 2.45) is 0 Å². The van der Waals surface area contributed by atoms with Crippen molar-refractivity contribution in [2.75, 3.05) is 29.9 Å². The van der Waals surface area contributed by atoms with Gasteiger partial charge in [-0.1, -0.05) is 0 Å². The SMILES string of the molecule is CCNc1cc(N2CCCCC2CCO)cc([N+](=O)[O-])c1. The predicted octanol–water partition coefficient (Wildman–Crippen LogP) is 2.77. The fourth-order valence-corrected chi connectivity index (χ4v) is 2.96. The first kappa shape index (κ1) is 15.6. The van der Waals surface area contributed by atoms with Crippen LogP contribution in [0.4, 0.5) is 17.1 Å². The summed E-state index contributed by atoms with van der Waals surface area (Å²) in [6, 6.07) is 5.43. The number of aliphatic hydroxyl groups is 1. The van der Waals surface area contributed by atoms with Gasteiger partial charge in [-0.2, -0.15) is 0 Å². The van der Waals surface area contributed by atoms with Crippen molar-refractivity contribution in [3.05, 3.63) is 28.3 Å². The topological polar surface area (TPSA) is 78.6 Å². The molecular weight excluding hydrogens is 270 g/mol. The molecular formula is C15H23N3O3. The van der Waals surface area contributed by atoms with Crippen LogP contribution < -0.4 is 10.2 Å². The Labute approximate surface area is 124 Å². The molecule has 1 saturated heterocycles. The van der Waals surface area contributed by atoms with Crippen molar-refractivity contribution in [3.8, 4) is 0 Å². The highest BCUT2D eigenvalue weighted by atomic mass is 16.6. The lowest BCUT2D eigenvalue weighted by Crippen LogP contribution is -2.40. The number of anilines is 2. The van der Waals surface area contributed by atoms with Gasteiger partial charge in [-0.3, -0.25) is 10.1 Å². The van der Waals surface area contributed by atoms with E-state index in [0.717, 1.165) is 43.7 Å². The summed E-state index contributed by atoms with van der Waals surface area (Å²) in [5.74, 6) is 0. The number of rotatable bonds is 6. The second-order valence-corrected chi connectivity index (χ2v) is 5.38. The maximum Gasteiger partial charge on any atom is 0.273 e. The molecule has 6 heteroatoms. The van der Waals surface area contributed by atoms with Gasteiger partial charge >= 0.3 is 0 Å². The molecule has 116 valence electrons. The zero-order valence-corrected chi connectivity index (χ0v) is 12.4. The Bertz CT molecular complexity index is 491. The second-order valence-electron chi connectivity index (χ2n) is 5.38. The van der Waals surface area contributed by atoms with E-state index in [4.69, 9.17) is 0 Å². The molecule has 0 aliphatic carbocycles. The Balaban J connectivity index is 2.33. The van der Waals surface area contributed by atoms with Crippen LogP contribution in [0.25, 0.3) is 0 Å². The predicted molar refractivity (Wildman–Crippen MR) is 83.9 cm³/mol. The third-order valence-corrected chi connectivity index (χ3v) is 3.92. The van der Waals surface area contributed by atoms with Gasteiger partial charge in [-0.25, -0.2) is 0 Å². The molecule has 1 aliphatic rings. The summed E-state index contributed by atoms with van der Waals surface area (Å²) in [7, 11) is 0. The van der Waals surface area contributed by atoms with E-state index in [1.165, 1.54) is 0 Å². The van der Waals surface area contributed by atoms with Crippen LogP contribution in [0.2, 0.25) is 0 Å². The van der Waals surface area contributed by atoms with Gasteiger partial charge in [-0.05, 0) is 38.7 Å². The average molecular weight is 293 g/mol. The first-order valence-corrected chi connectivity index (χ1v) is 7.56. The summed E-state index contributed by atoms with van der Waals surface area (Å²) in [6.45, 7) is 3.72. The van der Waals surface area contributed by atoms with Crippen LogP contribution in [0, 0.1) is 10.1 Å².